The molecule has 2 aromatic rings. The number of carbonyl (C=O) groups excluding carboxylic acids is 1. The minimum absolute atomic E-state index is 0.182. The first kappa shape index (κ1) is 23.0. The Morgan fingerprint density at radius 3 is 2.81 bits per heavy atom. The third-order valence-corrected chi connectivity index (χ3v) is 5.39. The number of urea groups is 1. The molecule has 2 heterocycles. The van der Waals surface area contributed by atoms with Gasteiger partial charge in [-0.2, -0.15) is 0 Å². The van der Waals surface area contributed by atoms with Crippen LogP contribution in [0.3, 0.4) is 0 Å². The van der Waals surface area contributed by atoms with Crippen LogP contribution in [-0.4, -0.2) is 84.3 Å². The number of aliphatic hydroxyl groups is 2. The summed E-state index contributed by atoms with van der Waals surface area (Å²) in [4.78, 5) is 18.6. The van der Waals surface area contributed by atoms with Crippen molar-refractivity contribution in [2.45, 2.75) is 30.8 Å². The number of aromatic nitrogens is 1. The number of hydrogen-bond donors (Lipinski definition) is 4. The molecule has 0 saturated carbocycles. The lowest BCUT2D eigenvalue weighted by atomic mass is 10.0. The number of nitrogens with one attached hydrogen (secondary N) is 2. The fourth-order valence-electron chi connectivity index (χ4n) is 3.75. The third kappa shape index (κ3) is 6.14. The van der Waals surface area contributed by atoms with Crippen molar-refractivity contribution in [1.82, 2.24) is 15.2 Å². The molecule has 1 aromatic heterocycles. The predicted octanol–water partition coefficient (Wildman–Crippen LogP) is 0.875. The maximum atomic E-state index is 12.3. The Bertz CT molecular complexity index is 838. The molecule has 31 heavy (non-hydrogen) atoms. The molecule has 9 nitrogen and oxygen atoms in total. The van der Waals surface area contributed by atoms with E-state index in [1.54, 1.807) is 37.6 Å². The van der Waals surface area contributed by atoms with Crippen LogP contribution in [0.25, 0.3) is 0 Å². The first-order chi connectivity index (χ1) is 15.0. The zero-order valence-corrected chi connectivity index (χ0v) is 17.8. The van der Waals surface area contributed by atoms with Crippen LogP contribution in [0.4, 0.5) is 10.5 Å². The maximum absolute atomic E-state index is 12.3. The van der Waals surface area contributed by atoms with Crippen LogP contribution in [0.1, 0.15) is 5.69 Å². The fourth-order valence-corrected chi connectivity index (χ4v) is 3.75. The summed E-state index contributed by atoms with van der Waals surface area (Å²) in [5.74, 6) is 0.639. The summed E-state index contributed by atoms with van der Waals surface area (Å²) in [5.41, 5.74) is 1.55. The van der Waals surface area contributed by atoms with E-state index in [2.05, 4.69) is 15.6 Å². The minimum atomic E-state index is -0.869. The molecule has 2 amide bonds. The monoisotopic (exact) mass is 430 g/mol. The number of hydrogen-bond acceptors (Lipinski definition) is 7. The van der Waals surface area contributed by atoms with Gasteiger partial charge in [0, 0.05) is 43.2 Å². The van der Waals surface area contributed by atoms with Gasteiger partial charge in [-0.05, 0) is 31.3 Å². The molecule has 1 aliphatic heterocycles. The minimum Gasteiger partial charge on any atom is -0.497 e. The summed E-state index contributed by atoms with van der Waals surface area (Å²) in [6.07, 6.45) is 0.415. The second-order valence-electron chi connectivity index (χ2n) is 7.50. The lowest BCUT2D eigenvalue weighted by Gasteiger charge is -2.30. The highest BCUT2D eigenvalue weighted by atomic mass is 16.5. The first-order valence-electron chi connectivity index (χ1n) is 10.2. The number of nitrogens with zero attached hydrogens (tertiary/aromatic N) is 2. The van der Waals surface area contributed by atoms with E-state index in [0.717, 1.165) is 5.69 Å². The summed E-state index contributed by atoms with van der Waals surface area (Å²) >= 11 is 0. The van der Waals surface area contributed by atoms with Crippen molar-refractivity contribution < 1.29 is 24.5 Å². The molecule has 1 aromatic carbocycles. The zero-order valence-electron chi connectivity index (χ0n) is 17.8. The van der Waals surface area contributed by atoms with Gasteiger partial charge in [0.2, 0.25) is 0 Å². The van der Waals surface area contributed by atoms with E-state index >= 15 is 0 Å². The van der Waals surface area contributed by atoms with Crippen LogP contribution >= 0.6 is 0 Å². The Balaban J connectivity index is 1.57. The second-order valence-corrected chi connectivity index (χ2v) is 7.50. The molecule has 4 N–H and O–H groups in total. The van der Waals surface area contributed by atoms with Crippen LogP contribution in [0.2, 0.25) is 0 Å². The number of carbonyl (C=O) groups is 1. The highest BCUT2D eigenvalue weighted by Gasteiger charge is 2.45. The number of likely N-dealkylation sites (N-methyl/N-ethyl adjacent to an activating group) is 1. The van der Waals surface area contributed by atoms with Crippen molar-refractivity contribution in [2.75, 3.05) is 39.2 Å². The van der Waals surface area contributed by atoms with E-state index in [4.69, 9.17) is 9.47 Å². The normalized spacial score (nSPS) is 23.0. The number of methoxy groups -OCH3 is 1. The van der Waals surface area contributed by atoms with Gasteiger partial charge in [0.05, 0.1) is 25.9 Å². The smallest absolute Gasteiger partial charge is 0.319 e. The molecule has 4 atom stereocenters. The Labute approximate surface area is 182 Å². The zero-order chi connectivity index (χ0) is 22.2. The molecule has 0 bridgehead atoms. The summed E-state index contributed by atoms with van der Waals surface area (Å²) in [5, 5.41) is 25.8. The number of rotatable bonds is 9. The summed E-state index contributed by atoms with van der Waals surface area (Å²) in [6.45, 7) is 0.535. The molecule has 3 rings (SSSR count). The average Bonchev–Trinajstić information content (AvgIpc) is 3.12. The SMILES string of the molecule is COc1cccc(NC(=O)NC[C@H]2O[C@@H](CO)[C@@H](O)[C@H]2N(C)CCc2ccccn2)c1. The Hall–Kier alpha value is -2.72. The number of aliphatic hydroxyl groups excluding tert-OH is 2. The summed E-state index contributed by atoms with van der Waals surface area (Å²) < 4.78 is 11.0. The van der Waals surface area contributed by atoms with Crippen LogP contribution in [0.15, 0.2) is 48.7 Å². The average molecular weight is 431 g/mol. The maximum Gasteiger partial charge on any atom is 0.319 e. The molecule has 1 saturated heterocycles. The van der Waals surface area contributed by atoms with Crippen molar-refractivity contribution in [1.29, 1.82) is 0 Å². The van der Waals surface area contributed by atoms with Crippen LogP contribution in [0.5, 0.6) is 5.75 Å². The van der Waals surface area contributed by atoms with Crippen LogP contribution in [-0.2, 0) is 11.2 Å². The topological polar surface area (TPSA) is 116 Å². The van der Waals surface area contributed by atoms with E-state index in [1.165, 1.54) is 0 Å². The van der Waals surface area contributed by atoms with Gasteiger partial charge < -0.3 is 30.3 Å². The lowest BCUT2D eigenvalue weighted by Crippen LogP contribution is -2.50. The largest absolute Gasteiger partial charge is 0.497 e. The predicted molar refractivity (Wildman–Crippen MR) is 116 cm³/mol. The fraction of sp³-hybridized carbons (Fsp3) is 0.455. The van der Waals surface area contributed by atoms with Gasteiger partial charge in [-0.15, -0.1) is 0 Å². The molecular formula is C22H30N4O5. The first-order valence-corrected chi connectivity index (χ1v) is 10.2. The Morgan fingerprint density at radius 2 is 2.10 bits per heavy atom. The molecule has 9 heteroatoms. The van der Waals surface area contributed by atoms with Gasteiger partial charge in [-0.3, -0.25) is 9.88 Å². The number of anilines is 1. The van der Waals surface area contributed by atoms with E-state index in [1.807, 2.05) is 30.1 Å². The summed E-state index contributed by atoms with van der Waals surface area (Å²) in [7, 11) is 3.45. The van der Waals surface area contributed by atoms with E-state index < -0.39 is 24.3 Å². The van der Waals surface area contributed by atoms with Crippen molar-refractivity contribution in [2.24, 2.45) is 0 Å². The highest BCUT2D eigenvalue weighted by Crippen LogP contribution is 2.25. The molecule has 0 unspecified atom stereocenters. The van der Waals surface area contributed by atoms with Gasteiger partial charge in [0.15, 0.2) is 0 Å². The van der Waals surface area contributed by atoms with E-state index in [-0.39, 0.29) is 19.2 Å². The van der Waals surface area contributed by atoms with Crippen LogP contribution in [0, 0.1) is 0 Å². The van der Waals surface area contributed by atoms with Gasteiger partial charge in [-0.25, -0.2) is 4.79 Å². The molecular weight excluding hydrogens is 400 g/mol. The number of amides is 2. The van der Waals surface area contributed by atoms with Gasteiger partial charge in [-0.1, -0.05) is 12.1 Å². The Morgan fingerprint density at radius 1 is 1.26 bits per heavy atom. The van der Waals surface area contributed by atoms with Crippen LogP contribution < -0.4 is 15.4 Å². The van der Waals surface area contributed by atoms with Crippen molar-refractivity contribution in [3.63, 3.8) is 0 Å². The number of benzene rings is 1. The number of pyridine rings is 1. The molecule has 0 spiro atoms. The second kappa shape index (κ2) is 11.1. The Kier molecular flexibility index (Phi) is 8.19. The quantitative estimate of drug-likeness (QED) is 0.467. The number of ether oxygens (including phenoxy) is 2. The molecule has 1 aliphatic rings. The van der Waals surface area contributed by atoms with Crippen molar-refractivity contribution in [3.05, 3.63) is 54.4 Å². The van der Waals surface area contributed by atoms with Crippen molar-refractivity contribution in [3.8, 4) is 5.75 Å². The highest BCUT2D eigenvalue weighted by molar-refractivity contribution is 5.89. The van der Waals surface area contributed by atoms with Gasteiger partial charge >= 0.3 is 6.03 Å². The van der Waals surface area contributed by atoms with Gasteiger partial charge in [0.25, 0.3) is 0 Å². The third-order valence-electron chi connectivity index (χ3n) is 5.39. The molecule has 1 fully saturated rings. The lowest BCUT2D eigenvalue weighted by molar-refractivity contribution is -0.0205. The summed E-state index contributed by atoms with van der Waals surface area (Å²) in [6, 6.07) is 12.0. The van der Waals surface area contributed by atoms with Gasteiger partial charge in [0.1, 0.15) is 18.0 Å². The molecule has 0 aliphatic carbocycles. The van der Waals surface area contributed by atoms with E-state index in [9.17, 15) is 15.0 Å². The van der Waals surface area contributed by atoms with Crippen molar-refractivity contribution >= 4 is 11.7 Å². The molecule has 168 valence electrons. The standard InChI is InChI=1S/C22H30N4O5/c1-26(11-9-15-6-3-4-10-23-15)20-18(31-19(14-27)21(20)28)13-24-22(29)25-16-7-5-8-17(12-16)30-2/h3-8,10,12,18-21,27-28H,9,11,13-14H2,1-2H3,(H2,24,25,29)/t18-,19+,20+,21-/m1/s1. The molecule has 0 radical (unpaired) electrons. The van der Waals surface area contributed by atoms with E-state index in [0.29, 0.717) is 24.4 Å².